The molecule has 0 radical (unpaired) electrons. The Morgan fingerprint density at radius 3 is 2.74 bits per heavy atom. The number of nitro benzene ring substituents is 1. The van der Waals surface area contributed by atoms with Gasteiger partial charge in [0.05, 0.1) is 35.2 Å². The van der Waals surface area contributed by atoms with E-state index in [1.165, 1.54) is 31.4 Å². The van der Waals surface area contributed by atoms with Crippen LogP contribution in [0.25, 0.3) is 6.08 Å². The highest BCUT2D eigenvalue weighted by atomic mass is 35.5. The number of benzene rings is 2. The number of rotatable bonds is 8. The SMILES string of the molecule is COC(=O)c1ccc(CN2C(=O)N/C(=C\c3cc(Cl)c(OCc4ccccc4C#N)c([N+](=O)[O-])c3)C2=O)o1. The number of carbonyl (C=O) groups excluding carboxylic acids is 3. The lowest BCUT2D eigenvalue weighted by atomic mass is 10.1. The number of ether oxygens (including phenoxy) is 2. The van der Waals surface area contributed by atoms with Gasteiger partial charge in [-0.2, -0.15) is 5.26 Å². The third-order valence-corrected chi connectivity index (χ3v) is 5.67. The zero-order chi connectivity index (χ0) is 27.4. The summed E-state index contributed by atoms with van der Waals surface area (Å²) in [5.74, 6) is -1.58. The summed E-state index contributed by atoms with van der Waals surface area (Å²) in [5.41, 5.74) is 0.392. The van der Waals surface area contributed by atoms with Crippen LogP contribution in [0, 0.1) is 21.4 Å². The van der Waals surface area contributed by atoms with E-state index in [9.17, 15) is 29.8 Å². The van der Waals surface area contributed by atoms with E-state index in [4.69, 9.17) is 20.8 Å². The number of hydrogen-bond donors (Lipinski definition) is 1. The number of carbonyl (C=O) groups is 3. The highest BCUT2D eigenvalue weighted by Crippen LogP contribution is 2.37. The van der Waals surface area contributed by atoms with Crippen LogP contribution in [0.15, 0.2) is 58.6 Å². The third kappa shape index (κ3) is 5.32. The van der Waals surface area contributed by atoms with E-state index in [0.29, 0.717) is 11.1 Å². The number of hydrogen-bond acceptors (Lipinski definition) is 9. The zero-order valence-electron chi connectivity index (χ0n) is 19.6. The van der Waals surface area contributed by atoms with Crippen LogP contribution >= 0.6 is 11.6 Å². The first-order valence-corrected chi connectivity index (χ1v) is 11.2. The Morgan fingerprint density at radius 1 is 1.26 bits per heavy atom. The maximum absolute atomic E-state index is 12.8. The molecule has 4 rings (SSSR count). The molecule has 0 unspecified atom stereocenters. The fourth-order valence-electron chi connectivity index (χ4n) is 3.58. The van der Waals surface area contributed by atoms with Gasteiger partial charge in [-0.3, -0.25) is 19.8 Å². The van der Waals surface area contributed by atoms with Gasteiger partial charge in [0.25, 0.3) is 5.91 Å². The highest BCUT2D eigenvalue weighted by Gasteiger charge is 2.34. The quantitative estimate of drug-likeness (QED) is 0.146. The molecule has 0 bridgehead atoms. The predicted molar refractivity (Wildman–Crippen MR) is 131 cm³/mol. The molecule has 13 heteroatoms. The monoisotopic (exact) mass is 536 g/mol. The van der Waals surface area contributed by atoms with Gasteiger partial charge in [0.1, 0.15) is 18.1 Å². The first kappa shape index (κ1) is 25.9. The molecule has 1 fully saturated rings. The van der Waals surface area contributed by atoms with Crippen molar-refractivity contribution in [3.05, 3.63) is 97.6 Å². The van der Waals surface area contributed by atoms with Crippen LogP contribution in [-0.2, 0) is 22.7 Å². The minimum atomic E-state index is -0.756. The molecular formula is C25H17ClN4O8. The molecule has 1 aliphatic rings. The van der Waals surface area contributed by atoms with Crippen molar-refractivity contribution in [3.63, 3.8) is 0 Å². The van der Waals surface area contributed by atoms with Gasteiger partial charge in [-0.1, -0.05) is 29.8 Å². The van der Waals surface area contributed by atoms with Crippen molar-refractivity contribution in [3.8, 4) is 11.8 Å². The lowest BCUT2D eigenvalue weighted by molar-refractivity contribution is -0.385. The second-order valence-electron chi connectivity index (χ2n) is 7.80. The molecule has 3 aromatic rings. The fraction of sp³-hybridized carbons (Fsp3) is 0.120. The number of imide groups is 1. The second kappa shape index (κ2) is 10.9. The Balaban J connectivity index is 1.56. The summed E-state index contributed by atoms with van der Waals surface area (Å²) in [7, 11) is 1.18. The van der Waals surface area contributed by atoms with Gasteiger partial charge in [-0.15, -0.1) is 0 Å². The molecule has 1 saturated heterocycles. The number of nitriles is 1. The van der Waals surface area contributed by atoms with E-state index < -0.39 is 28.5 Å². The zero-order valence-corrected chi connectivity index (χ0v) is 20.4. The maximum Gasteiger partial charge on any atom is 0.373 e. The lowest BCUT2D eigenvalue weighted by Gasteiger charge is -2.11. The summed E-state index contributed by atoms with van der Waals surface area (Å²) in [6.45, 7) is -0.407. The molecular weight excluding hydrogens is 520 g/mol. The smallest absolute Gasteiger partial charge is 0.373 e. The largest absolute Gasteiger partial charge is 0.481 e. The second-order valence-corrected chi connectivity index (χ2v) is 8.21. The number of urea groups is 1. The maximum atomic E-state index is 12.8. The van der Waals surface area contributed by atoms with Gasteiger partial charge in [0, 0.05) is 11.6 Å². The molecule has 192 valence electrons. The van der Waals surface area contributed by atoms with E-state index in [-0.39, 0.29) is 46.7 Å². The highest BCUT2D eigenvalue weighted by molar-refractivity contribution is 6.32. The molecule has 0 saturated carbocycles. The summed E-state index contributed by atoms with van der Waals surface area (Å²) in [4.78, 5) is 48.7. The van der Waals surface area contributed by atoms with Crippen molar-refractivity contribution in [2.75, 3.05) is 7.11 Å². The summed E-state index contributed by atoms with van der Waals surface area (Å²) >= 11 is 6.29. The average Bonchev–Trinajstić information content (AvgIpc) is 3.47. The molecule has 2 aromatic carbocycles. The minimum absolute atomic E-state index is 0.0920. The van der Waals surface area contributed by atoms with Crippen LogP contribution in [0.3, 0.4) is 0 Å². The van der Waals surface area contributed by atoms with E-state index in [1.54, 1.807) is 24.3 Å². The lowest BCUT2D eigenvalue weighted by Crippen LogP contribution is -2.30. The number of furan rings is 1. The van der Waals surface area contributed by atoms with E-state index >= 15 is 0 Å². The van der Waals surface area contributed by atoms with Gasteiger partial charge in [0.2, 0.25) is 11.5 Å². The Kier molecular flexibility index (Phi) is 7.40. The molecule has 1 N–H and O–H groups in total. The Morgan fingerprint density at radius 2 is 2.03 bits per heavy atom. The molecule has 3 amide bonds. The van der Waals surface area contributed by atoms with Gasteiger partial charge in [0.15, 0.2) is 0 Å². The normalized spacial score (nSPS) is 13.8. The number of nitrogens with one attached hydrogen (secondary N) is 1. The standard InChI is InChI=1S/C25H17ClN4O8/c1-36-24(32)21-7-6-17(38-21)12-29-23(31)19(28-25(29)33)9-14-8-18(26)22(20(10-14)30(34)35)37-13-16-5-3-2-4-15(16)11-27/h2-10H,12-13H2,1H3,(H,28,33)/b19-9-. The van der Waals surface area contributed by atoms with Crippen molar-refractivity contribution in [1.29, 1.82) is 5.26 Å². The molecule has 0 atom stereocenters. The number of nitrogens with zero attached hydrogens (tertiary/aromatic N) is 3. The van der Waals surface area contributed by atoms with E-state index in [1.807, 2.05) is 6.07 Å². The first-order chi connectivity index (χ1) is 18.2. The van der Waals surface area contributed by atoms with Crippen LogP contribution < -0.4 is 10.1 Å². The Bertz CT molecular complexity index is 1540. The van der Waals surface area contributed by atoms with Crippen LogP contribution in [0.5, 0.6) is 5.75 Å². The van der Waals surface area contributed by atoms with Crippen LogP contribution in [-0.4, -0.2) is 34.8 Å². The number of esters is 1. The minimum Gasteiger partial charge on any atom is -0.481 e. The summed E-state index contributed by atoms with van der Waals surface area (Å²) in [6.07, 6.45) is 1.23. The van der Waals surface area contributed by atoms with Crippen LogP contribution in [0.2, 0.25) is 5.02 Å². The summed E-state index contributed by atoms with van der Waals surface area (Å²) < 4.78 is 15.5. The number of halogens is 1. The molecule has 38 heavy (non-hydrogen) atoms. The van der Waals surface area contributed by atoms with Gasteiger partial charge < -0.3 is 19.2 Å². The van der Waals surface area contributed by atoms with Crippen molar-refractivity contribution in [2.45, 2.75) is 13.2 Å². The topological polar surface area (TPSA) is 165 Å². The number of amides is 3. The van der Waals surface area contributed by atoms with Crippen molar-refractivity contribution >= 4 is 41.3 Å². The third-order valence-electron chi connectivity index (χ3n) is 5.39. The molecule has 12 nitrogen and oxygen atoms in total. The fourth-order valence-corrected chi connectivity index (χ4v) is 3.85. The number of methoxy groups -OCH3 is 1. The van der Waals surface area contributed by atoms with Crippen molar-refractivity contribution < 1.29 is 33.2 Å². The van der Waals surface area contributed by atoms with Gasteiger partial charge in [-0.05, 0) is 35.9 Å². The predicted octanol–water partition coefficient (Wildman–Crippen LogP) is 4.17. The Labute approximate surface area is 219 Å². The van der Waals surface area contributed by atoms with Crippen LogP contribution in [0.4, 0.5) is 10.5 Å². The van der Waals surface area contributed by atoms with E-state index in [0.717, 1.165) is 11.0 Å². The number of nitro groups is 1. The average molecular weight is 537 g/mol. The first-order valence-electron chi connectivity index (χ1n) is 10.8. The molecule has 0 spiro atoms. The molecule has 2 heterocycles. The molecule has 1 aromatic heterocycles. The van der Waals surface area contributed by atoms with Crippen LogP contribution in [0.1, 0.15) is 33.0 Å². The van der Waals surface area contributed by atoms with Crippen molar-refractivity contribution in [1.82, 2.24) is 10.2 Å². The Hall–Kier alpha value is -5.15. The van der Waals surface area contributed by atoms with Gasteiger partial charge in [-0.25, -0.2) is 9.59 Å². The van der Waals surface area contributed by atoms with E-state index in [2.05, 4.69) is 10.1 Å². The summed E-state index contributed by atoms with van der Waals surface area (Å²) in [5, 5.41) is 23.3. The molecule has 1 aliphatic heterocycles. The molecule has 0 aliphatic carbocycles. The summed E-state index contributed by atoms with van der Waals surface area (Å²) in [6, 6.07) is 13.1. The van der Waals surface area contributed by atoms with Crippen molar-refractivity contribution in [2.24, 2.45) is 0 Å². The van der Waals surface area contributed by atoms with Gasteiger partial charge >= 0.3 is 17.7 Å².